The fourth-order valence-electron chi connectivity index (χ4n) is 2.04. The second-order valence-electron chi connectivity index (χ2n) is 5.25. The Kier molecular flexibility index (Phi) is 7.70. The van der Waals surface area contributed by atoms with Crippen LogP contribution in [-0.2, 0) is 0 Å². The second kappa shape index (κ2) is 9.77. The Labute approximate surface area is 173 Å². The molecule has 0 saturated carbocycles. The van der Waals surface area contributed by atoms with Gasteiger partial charge in [0.05, 0.1) is 21.8 Å². The van der Waals surface area contributed by atoms with Crippen molar-refractivity contribution >= 4 is 50.3 Å². The third kappa shape index (κ3) is 5.34. The van der Waals surface area contributed by atoms with E-state index in [2.05, 4.69) is 49.4 Å². The summed E-state index contributed by atoms with van der Waals surface area (Å²) in [5.74, 6) is 0.506. The molecule has 0 fully saturated rings. The average Bonchev–Trinajstić information content (AvgIpc) is 2.64. The minimum atomic E-state index is -0.427. The third-order valence-electron chi connectivity index (χ3n) is 3.36. The molecule has 2 N–H and O–H groups in total. The summed E-state index contributed by atoms with van der Waals surface area (Å²) in [7, 11) is 1.56. The molecule has 0 spiro atoms. The van der Waals surface area contributed by atoms with Gasteiger partial charge in [0, 0.05) is 11.1 Å². The first-order chi connectivity index (χ1) is 12.5. The normalized spacial score (nSPS) is 10.2. The van der Waals surface area contributed by atoms with Gasteiger partial charge in [0.25, 0.3) is 11.8 Å². The highest BCUT2D eigenvalue weighted by Crippen LogP contribution is 2.26. The van der Waals surface area contributed by atoms with Crippen molar-refractivity contribution < 1.29 is 19.1 Å². The van der Waals surface area contributed by atoms with E-state index in [0.717, 1.165) is 9.99 Å². The Balaban J connectivity index is 1.98. The molecular formula is C18H18BrIN2O4. The number of amides is 2. The van der Waals surface area contributed by atoms with Gasteiger partial charge in [-0.2, -0.15) is 0 Å². The van der Waals surface area contributed by atoms with E-state index in [4.69, 9.17) is 9.47 Å². The molecule has 0 aliphatic heterocycles. The van der Waals surface area contributed by atoms with E-state index in [0.29, 0.717) is 33.7 Å². The molecule has 0 saturated heterocycles. The molecule has 2 aromatic rings. The lowest BCUT2D eigenvalue weighted by Gasteiger charge is -2.11. The van der Waals surface area contributed by atoms with Crippen LogP contribution in [0.5, 0.6) is 11.5 Å². The first-order valence-corrected chi connectivity index (χ1v) is 9.70. The Morgan fingerprint density at radius 1 is 1.04 bits per heavy atom. The number of ether oxygens (including phenoxy) is 2. The van der Waals surface area contributed by atoms with E-state index in [1.807, 2.05) is 6.92 Å². The van der Waals surface area contributed by atoms with Crippen LogP contribution in [0.4, 0.5) is 0 Å². The number of methoxy groups -OCH3 is 1. The largest absolute Gasteiger partial charge is 0.496 e. The van der Waals surface area contributed by atoms with Crippen LogP contribution in [0.15, 0.2) is 40.9 Å². The molecule has 2 amide bonds. The zero-order chi connectivity index (χ0) is 19.1. The number of halogens is 2. The molecule has 2 rings (SSSR count). The van der Waals surface area contributed by atoms with Crippen LogP contribution in [-0.4, -0.2) is 25.5 Å². The highest BCUT2D eigenvalue weighted by atomic mass is 127. The van der Waals surface area contributed by atoms with Gasteiger partial charge in [-0.15, -0.1) is 0 Å². The maximum absolute atomic E-state index is 12.2. The molecule has 0 aliphatic rings. The predicted octanol–water partition coefficient (Wildman–Crippen LogP) is 3.93. The van der Waals surface area contributed by atoms with Gasteiger partial charge in [0.1, 0.15) is 11.5 Å². The second-order valence-corrected chi connectivity index (χ2v) is 7.27. The van der Waals surface area contributed by atoms with Crippen LogP contribution < -0.4 is 20.3 Å². The summed E-state index contributed by atoms with van der Waals surface area (Å²) < 4.78 is 12.2. The molecular weight excluding hydrogens is 515 g/mol. The van der Waals surface area contributed by atoms with E-state index >= 15 is 0 Å². The molecule has 6 nitrogen and oxygen atoms in total. The lowest BCUT2D eigenvalue weighted by atomic mass is 10.2. The van der Waals surface area contributed by atoms with Crippen molar-refractivity contribution in [2.75, 3.05) is 13.7 Å². The van der Waals surface area contributed by atoms with Gasteiger partial charge in [-0.1, -0.05) is 6.92 Å². The van der Waals surface area contributed by atoms with Gasteiger partial charge in [-0.25, -0.2) is 0 Å². The monoisotopic (exact) mass is 532 g/mol. The van der Waals surface area contributed by atoms with Crippen molar-refractivity contribution in [3.8, 4) is 11.5 Å². The van der Waals surface area contributed by atoms with Crippen LogP contribution in [0.3, 0.4) is 0 Å². The molecule has 0 radical (unpaired) electrons. The Morgan fingerprint density at radius 2 is 1.62 bits per heavy atom. The molecule has 0 heterocycles. The maximum Gasteiger partial charge on any atom is 0.269 e. The minimum absolute atomic E-state index is 0.394. The zero-order valence-corrected chi connectivity index (χ0v) is 18.0. The van der Waals surface area contributed by atoms with Gasteiger partial charge in [-0.05, 0) is 81.3 Å². The van der Waals surface area contributed by atoms with Crippen molar-refractivity contribution in [1.29, 1.82) is 0 Å². The van der Waals surface area contributed by atoms with Crippen LogP contribution >= 0.6 is 38.5 Å². The van der Waals surface area contributed by atoms with Crippen LogP contribution in [0.1, 0.15) is 34.1 Å². The first kappa shape index (κ1) is 20.5. The van der Waals surface area contributed by atoms with E-state index in [9.17, 15) is 9.59 Å². The SMILES string of the molecule is CCCOc1ccc(C(=O)NNC(=O)c2ccc(OC)c(I)c2)cc1Br. The van der Waals surface area contributed by atoms with Crippen molar-refractivity contribution in [3.63, 3.8) is 0 Å². The van der Waals surface area contributed by atoms with Gasteiger partial charge >= 0.3 is 0 Å². The number of carbonyl (C=O) groups excluding carboxylic acids is 2. The Morgan fingerprint density at radius 3 is 2.12 bits per heavy atom. The highest BCUT2D eigenvalue weighted by molar-refractivity contribution is 14.1. The molecule has 0 aromatic heterocycles. The lowest BCUT2D eigenvalue weighted by molar-refractivity contribution is 0.0846. The van der Waals surface area contributed by atoms with Crippen LogP contribution in [0, 0.1) is 3.57 Å². The van der Waals surface area contributed by atoms with Gasteiger partial charge < -0.3 is 9.47 Å². The highest BCUT2D eigenvalue weighted by Gasteiger charge is 2.12. The zero-order valence-electron chi connectivity index (χ0n) is 14.3. The number of hydrogen-bond donors (Lipinski definition) is 2. The summed E-state index contributed by atoms with van der Waals surface area (Å²) in [6.07, 6.45) is 0.894. The fourth-order valence-corrected chi connectivity index (χ4v) is 3.27. The molecule has 26 heavy (non-hydrogen) atoms. The number of hydrogen-bond acceptors (Lipinski definition) is 4. The topological polar surface area (TPSA) is 76.7 Å². The molecule has 0 unspecified atom stereocenters. The van der Waals surface area contributed by atoms with Crippen LogP contribution in [0.2, 0.25) is 0 Å². The number of rotatable bonds is 6. The minimum Gasteiger partial charge on any atom is -0.496 e. The Hall–Kier alpha value is -1.81. The van der Waals surface area contributed by atoms with Crippen molar-refractivity contribution in [1.82, 2.24) is 10.9 Å². The van der Waals surface area contributed by atoms with Crippen molar-refractivity contribution in [2.24, 2.45) is 0 Å². The standard InChI is InChI=1S/C18H18BrIN2O4/c1-3-8-26-15-6-4-11(9-13(15)19)17(23)21-22-18(24)12-5-7-16(25-2)14(20)10-12/h4-7,9-10H,3,8H2,1-2H3,(H,21,23)(H,22,24). The van der Waals surface area contributed by atoms with Gasteiger partial charge in [-0.3, -0.25) is 20.4 Å². The van der Waals surface area contributed by atoms with E-state index in [1.165, 1.54) is 0 Å². The van der Waals surface area contributed by atoms with Gasteiger partial charge in [0.15, 0.2) is 0 Å². The van der Waals surface area contributed by atoms with E-state index in [1.54, 1.807) is 43.5 Å². The summed E-state index contributed by atoms with van der Waals surface area (Å²) in [4.78, 5) is 24.4. The molecule has 8 heteroatoms. The fraction of sp³-hybridized carbons (Fsp3) is 0.222. The van der Waals surface area contributed by atoms with Gasteiger partial charge in [0.2, 0.25) is 0 Å². The predicted molar refractivity (Wildman–Crippen MR) is 111 cm³/mol. The summed E-state index contributed by atoms with van der Waals surface area (Å²) >= 11 is 5.46. The number of carbonyl (C=O) groups is 2. The maximum atomic E-state index is 12.2. The van der Waals surface area contributed by atoms with Crippen LogP contribution in [0.25, 0.3) is 0 Å². The smallest absolute Gasteiger partial charge is 0.269 e. The first-order valence-electron chi connectivity index (χ1n) is 7.82. The van der Waals surface area contributed by atoms with E-state index < -0.39 is 11.8 Å². The number of nitrogens with one attached hydrogen (secondary N) is 2. The third-order valence-corrected chi connectivity index (χ3v) is 4.82. The quantitative estimate of drug-likeness (QED) is 0.436. The summed E-state index contributed by atoms with van der Waals surface area (Å²) in [5, 5.41) is 0. The van der Waals surface area contributed by atoms with E-state index in [-0.39, 0.29) is 0 Å². The molecule has 2 aromatic carbocycles. The summed E-state index contributed by atoms with van der Waals surface area (Å²) in [6, 6.07) is 9.99. The average molecular weight is 533 g/mol. The molecule has 0 aliphatic carbocycles. The van der Waals surface area contributed by atoms with Crippen molar-refractivity contribution in [3.05, 3.63) is 55.6 Å². The number of benzene rings is 2. The number of hydrazine groups is 1. The summed E-state index contributed by atoms with van der Waals surface area (Å²) in [5.41, 5.74) is 5.61. The molecule has 138 valence electrons. The summed E-state index contributed by atoms with van der Waals surface area (Å²) in [6.45, 7) is 2.61. The molecule has 0 bridgehead atoms. The Bertz CT molecular complexity index is 814. The lowest BCUT2D eigenvalue weighted by Crippen LogP contribution is -2.41. The van der Waals surface area contributed by atoms with Crippen molar-refractivity contribution in [2.45, 2.75) is 13.3 Å². The molecule has 0 atom stereocenters.